The Morgan fingerprint density at radius 3 is 2.75 bits per heavy atom. The molecule has 0 spiro atoms. The minimum atomic E-state index is -0.232. The number of likely N-dealkylation sites (tertiary alicyclic amines) is 1. The Morgan fingerprint density at radius 1 is 1.29 bits per heavy atom. The highest BCUT2D eigenvalue weighted by Crippen LogP contribution is 2.24. The molecule has 0 aliphatic carbocycles. The van der Waals surface area contributed by atoms with Crippen molar-refractivity contribution >= 4 is 11.8 Å². The number of rotatable bonds is 4. The van der Waals surface area contributed by atoms with Gasteiger partial charge in [0.25, 0.3) is 11.8 Å². The Balaban J connectivity index is 1.87. The molecule has 130 valence electrons. The van der Waals surface area contributed by atoms with Crippen molar-refractivity contribution in [2.24, 2.45) is 5.92 Å². The molecule has 3 rings (SSSR count). The molecule has 1 N–H and O–H groups in total. The summed E-state index contributed by atoms with van der Waals surface area (Å²) in [5.74, 6) is 0.783. The molecule has 1 fully saturated rings. The molecule has 1 aromatic heterocycles. The molecule has 6 heteroatoms. The zero-order valence-electron chi connectivity index (χ0n) is 14.4. The first-order chi connectivity index (χ1) is 11.6. The van der Waals surface area contributed by atoms with E-state index in [1.54, 1.807) is 6.08 Å². The van der Waals surface area contributed by atoms with E-state index in [0.717, 1.165) is 57.4 Å². The highest BCUT2D eigenvalue weighted by Gasteiger charge is 2.30. The highest BCUT2D eigenvalue weighted by atomic mass is 16.2. The van der Waals surface area contributed by atoms with Crippen molar-refractivity contribution in [1.82, 2.24) is 19.8 Å². The van der Waals surface area contributed by atoms with Gasteiger partial charge in [0.15, 0.2) is 5.82 Å². The lowest BCUT2D eigenvalue weighted by Gasteiger charge is -2.30. The Kier molecular flexibility index (Phi) is 5.02. The van der Waals surface area contributed by atoms with Crippen LogP contribution in [0.4, 0.5) is 0 Å². The van der Waals surface area contributed by atoms with Crippen LogP contribution in [0.3, 0.4) is 0 Å². The second-order valence-electron chi connectivity index (χ2n) is 6.81. The van der Waals surface area contributed by atoms with Gasteiger partial charge in [0.2, 0.25) is 0 Å². The van der Waals surface area contributed by atoms with Gasteiger partial charge in [-0.25, -0.2) is 4.98 Å². The van der Waals surface area contributed by atoms with E-state index in [2.05, 4.69) is 23.8 Å². The van der Waals surface area contributed by atoms with E-state index in [1.807, 2.05) is 9.47 Å². The van der Waals surface area contributed by atoms with Gasteiger partial charge in [0.05, 0.1) is 5.69 Å². The van der Waals surface area contributed by atoms with Gasteiger partial charge >= 0.3 is 0 Å². The third-order valence-corrected chi connectivity index (χ3v) is 5.00. The number of nitrogens with one attached hydrogen (secondary N) is 1. The predicted molar refractivity (Wildman–Crippen MR) is 92.0 cm³/mol. The average molecular weight is 330 g/mol. The van der Waals surface area contributed by atoms with Gasteiger partial charge in [0.1, 0.15) is 5.69 Å². The SMILES string of the molecule is C=CCNC(=O)c1nc(C(=O)N2CCC(C)CC2)c2n1CCCC2. The number of carbonyl (C=O) groups excluding carboxylic acids is 2. The lowest BCUT2D eigenvalue weighted by molar-refractivity contribution is 0.0690. The summed E-state index contributed by atoms with van der Waals surface area (Å²) in [5.41, 5.74) is 1.40. The summed E-state index contributed by atoms with van der Waals surface area (Å²) in [7, 11) is 0. The fraction of sp³-hybridized carbons (Fsp3) is 0.611. The van der Waals surface area contributed by atoms with Crippen molar-refractivity contribution < 1.29 is 9.59 Å². The summed E-state index contributed by atoms with van der Waals surface area (Å²) in [6.07, 6.45) is 6.57. The highest BCUT2D eigenvalue weighted by molar-refractivity contribution is 5.97. The summed E-state index contributed by atoms with van der Waals surface area (Å²) in [6, 6.07) is 0. The van der Waals surface area contributed by atoms with Gasteiger partial charge < -0.3 is 14.8 Å². The van der Waals surface area contributed by atoms with Crippen molar-refractivity contribution in [3.63, 3.8) is 0 Å². The fourth-order valence-corrected chi connectivity index (χ4v) is 3.49. The van der Waals surface area contributed by atoms with Crippen molar-refractivity contribution in [3.05, 3.63) is 29.9 Å². The van der Waals surface area contributed by atoms with E-state index in [1.165, 1.54) is 0 Å². The molecule has 0 radical (unpaired) electrons. The first-order valence-electron chi connectivity index (χ1n) is 8.89. The minimum Gasteiger partial charge on any atom is -0.346 e. The van der Waals surface area contributed by atoms with Gasteiger partial charge in [-0.2, -0.15) is 0 Å². The topological polar surface area (TPSA) is 67.2 Å². The molecule has 0 saturated carbocycles. The fourth-order valence-electron chi connectivity index (χ4n) is 3.49. The van der Waals surface area contributed by atoms with E-state index in [9.17, 15) is 9.59 Å². The molecule has 0 aromatic carbocycles. The van der Waals surface area contributed by atoms with Crippen molar-refractivity contribution in [2.45, 2.75) is 45.6 Å². The van der Waals surface area contributed by atoms with Crippen LogP contribution in [-0.4, -0.2) is 45.9 Å². The Hall–Kier alpha value is -2.11. The van der Waals surface area contributed by atoms with Crippen LogP contribution >= 0.6 is 0 Å². The van der Waals surface area contributed by atoms with Crippen LogP contribution in [0.5, 0.6) is 0 Å². The van der Waals surface area contributed by atoms with Gasteiger partial charge in [-0.15, -0.1) is 6.58 Å². The standard InChI is InChI=1S/C18H26N4O2/c1-3-9-19-17(23)16-20-15(14-6-4-5-10-22(14)16)18(24)21-11-7-13(2)8-12-21/h3,13H,1,4-12H2,2H3,(H,19,23). The summed E-state index contributed by atoms with van der Waals surface area (Å²) >= 11 is 0. The first-order valence-corrected chi connectivity index (χ1v) is 8.89. The van der Waals surface area contributed by atoms with E-state index in [4.69, 9.17) is 0 Å². The quantitative estimate of drug-likeness (QED) is 0.859. The maximum Gasteiger partial charge on any atom is 0.287 e. The molecule has 2 aliphatic heterocycles. The molecule has 1 saturated heterocycles. The molecule has 6 nitrogen and oxygen atoms in total. The number of imidazole rings is 1. The van der Waals surface area contributed by atoms with Crippen molar-refractivity contribution in [3.8, 4) is 0 Å². The van der Waals surface area contributed by atoms with Gasteiger partial charge in [-0.1, -0.05) is 13.0 Å². The second-order valence-corrected chi connectivity index (χ2v) is 6.81. The number of piperidine rings is 1. The molecule has 3 heterocycles. The molecular formula is C18H26N4O2. The maximum atomic E-state index is 12.9. The van der Waals surface area contributed by atoms with E-state index in [0.29, 0.717) is 24.0 Å². The zero-order chi connectivity index (χ0) is 17.1. The number of carbonyl (C=O) groups is 2. The van der Waals surface area contributed by atoms with Crippen LogP contribution in [-0.2, 0) is 13.0 Å². The third-order valence-electron chi connectivity index (χ3n) is 5.00. The van der Waals surface area contributed by atoms with E-state index in [-0.39, 0.29) is 11.8 Å². The smallest absolute Gasteiger partial charge is 0.287 e. The molecule has 0 atom stereocenters. The average Bonchev–Trinajstić information content (AvgIpc) is 2.99. The maximum absolute atomic E-state index is 12.9. The molecular weight excluding hydrogens is 304 g/mol. The summed E-state index contributed by atoms with van der Waals surface area (Å²) in [6.45, 7) is 8.55. The van der Waals surface area contributed by atoms with Crippen molar-refractivity contribution in [2.75, 3.05) is 19.6 Å². The summed E-state index contributed by atoms with van der Waals surface area (Å²) < 4.78 is 1.93. The van der Waals surface area contributed by atoms with Gasteiger partial charge in [-0.05, 0) is 38.0 Å². The van der Waals surface area contributed by atoms with E-state index < -0.39 is 0 Å². The number of fused-ring (bicyclic) bond motifs is 1. The van der Waals surface area contributed by atoms with Crippen LogP contribution in [0.25, 0.3) is 0 Å². The Morgan fingerprint density at radius 2 is 2.04 bits per heavy atom. The van der Waals surface area contributed by atoms with Crippen LogP contribution in [0.1, 0.15) is 59.4 Å². The summed E-state index contributed by atoms with van der Waals surface area (Å²) in [4.78, 5) is 31.7. The minimum absolute atomic E-state index is 0.0182. The second kappa shape index (κ2) is 7.20. The van der Waals surface area contributed by atoms with Crippen LogP contribution in [0.2, 0.25) is 0 Å². The van der Waals surface area contributed by atoms with Crippen LogP contribution in [0.15, 0.2) is 12.7 Å². The number of hydrogen-bond donors (Lipinski definition) is 1. The lowest BCUT2D eigenvalue weighted by atomic mass is 9.98. The molecule has 0 bridgehead atoms. The largest absolute Gasteiger partial charge is 0.346 e. The predicted octanol–water partition coefficient (Wildman–Crippen LogP) is 2.01. The number of nitrogens with zero attached hydrogens (tertiary/aromatic N) is 3. The van der Waals surface area contributed by atoms with Crippen LogP contribution in [0, 0.1) is 5.92 Å². The summed E-state index contributed by atoms with van der Waals surface area (Å²) in [5, 5.41) is 2.77. The molecule has 2 amide bonds. The Labute approximate surface area is 142 Å². The molecule has 0 unspecified atom stereocenters. The third kappa shape index (κ3) is 3.23. The van der Waals surface area contributed by atoms with Gasteiger partial charge in [-0.3, -0.25) is 9.59 Å². The monoisotopic (exact) mass is 330 g/mol. The molecule has 1 aromatic rings. The number of aromatic nitrogens is 2. The first kappa shape index (κ1) is 16.7. The zero-order valence-corrected chi connectivity index (χ0v) is 14.4. The Bertz CT molecular complexity index is 642. The van der Waals surface area contributed by atoms with Gasteiger partial charge in [0, 0.05) is 26.2 Å². The number of hydrogen-bond acceptors (Lipinski definition) is 3. The molecule has 24 heavy (non-hydrogen) atoms. The number of amides is 2. The molecule has 2 aliphatic rings. The van der Waals surface area contributed by atoms with E-state index >= 15 is 0 Å². The van der Waals surface area contributed by atoms with Crippen LogP contribution < -0.4 is 5.32 Å². The lowest BCUT2D eigenvalue weighted by Crippen LogP contribution is -2.38. The normalized spacial score (nSPS) is 18.1. The van der Waals surface area contributed by atoms with Crippen molar-refractivity contribution in [1.29, 1.82) is 0 Å².